The second-order valence-corrected chi connectivity index (χ2v) is 7.52. The van der Waals surface area contributed by atoms with Crippen LogP contribution in [0, 0.1) is 0 Å². The van der Waals surface area contributed by atoms with Crippen molar-refractivity contribution >= 4 is 5.91 Å². The van der Waals surface area contributed by atoms with Gasteiger partial charge in [0.05, 0.1) is 6.10 Å². The fourth-order valence-electron chi connectivity index (χ4n) is 3.92. The molecule has 0 radical (unpaired) electrons. The Kier molecular flexibility index (Phi) is 6.10. The predicted octanol–water partition coefficient (Wildman–Crippen LogP) is 2.07. The molecule has 1 atom stereocenters. The Morgan fingerprint density at radius 1 is 1.12 bits per heavy atom. The molecule has 2 fully saturated rings. The molecule has 2 heterocycles. The molecule has 2 aliphatic heterocycles. The van der Waals surface area contributed by atoms with Crippen molar-refractivity contribution in [1.82, 2.24) is 14.7 Å². The van der Waals surface area contributed by atoms with Crippen molar-refractivity contribution in [3.05, 3.63) is 35.4 Å². The number of ether oxygens (including phenoxy) is 1. The monoisotopic (exact) mass is 345 g/mol. The molecule has 2 saturated heterocycles. The average Bonchev–Trinajstić information content (AvgIpc) is 2.62. The Morgan fingerprint density at radius 2 is 1.80 bits per heavy atom. The van der Waals surface area contributed by atoms with E-state index in [1.807, 2.05) is 17.0 Å². The normalized spacial score (nSPS) is 23.8. The minimum Gasteiger partial charge on any atom is -0.381 e. The molecule has 0 unspecified atom stereocenters. The Hall–Kier alpha value is -1.43. The highest BCUT2D eigenvalue weighted by Crippen LogP contribution is 2.17. The summed E-state index contributed by atoms with van der Waals surface area (Å²) in [4.78, 5) is 19.5. The van der Waals surface area contributed by atoms with Crippen LogP contribution >= 0.6 is 0 Å². The maximum atomic E-state index is 12.8. The van der Waals surface area contributed by atoms with Gasteiger partial charge in [-0.25, -0.2) is 0 Å². The molecule has 5 heteroatoms. The number of piperazine rings is 1. The SMILES string of the molecule is COC1CCN(Cc2ccc(C(=O)N3CCN(C)C[C@H]3C)cc2)CC1. The van der Waals surface area contributed by atoms with Crippen molar-refractivity contribution in [2.24, 2.45) is 0 Å². The molecule has 0 N–H and O–H groups in total. The number of amides is 1. The molecule has 0 aromatic heterocycles. The Bertz CT molecular complexity index is 567. The van der Waals surface area contributed by atoms with Gasteiger partial charge in [0.25, 0.3) is 5.91 Å². The molecule has 1 aromatic rings. The lowest BCUT2D eigenvalue weighted by atomic mass is 10.1. The Morgan fingerprint density at radius 3 is 2.40 bits per heavy atom. The molecule has 0 saturated carbocycles. The van der Waals surface area contributed by atoms with Gasteiger partial charge in [0.1, 0.15) is 0 Å². The topological polar surface area (TPSA) is 36.0 Å². The summed E-state index contributed by atoms with van der Waals surface area (Å²) in [6.07, 6.45) is 2.63. The van der Waals surface area contributed by atoms with Gasteiger partial charge in [0.15, 0.2) is 0 Å². The smallest absolute Gasteiger partial charge is 0.254 e. The zero-order valence-electron chi connectivity index (χ0n) is 15.8. The van der Waals surface area contributed by atoms with Crippen LogP contribution in [0.15, 0.2) is 24.3 Å². The zero-order chi connectivity index (χ0) is 17.8. The standard InChI is InChI=1S/C20H31N3O2/c1-16-14-21(2)12-13-23(16)20(24)18-6-4-17(5-7-18)15-22-10-8-19(25-3)9-11-22/h4-7,16,19H,8-15H2,1-3H3/t16-/m1/s1. The van der Waals surface area contributed by atoms with E-state index in [4.69, 9.17) is 4.74 Å². The number of piperidine rings is 1. The highest BCUT2D eigenvalue weighted by Gasteiger charge is 2.26. The maximum absolute atomic E-state index is 12.8. The summed E-state index contributed by atoms with van der Waals surface area (Å²) in [5.74, 6) is 0.160. The van der Waals surface area contributed by atoms with E-state index < -0.39 is 0 Å². The largest absolute Gasteiger partial charge is 0.381 e. The fraction of sp³-hybridized carbons (Fsp3) is 0.650. The van der Waals surface area contributed by atoms with Crippen molar-refractivity contribution in [3.63, 3.8) is 0 Å². The number of methoxy groups -OCH3 is 1. The van der Waals surface area contributed by atoms with E-state index in [0.29, 0.717) is 6.10 Å². The first-order valence-electron chi connectivity index (χ1n) is 9.40. The number of hydrogen-bond donors (Lipinski definition) is 0. The highest BCUT2D eigenvalue weighted by atomic mass is 16.5. The van der Waals surface area contributed by atoms with Gasteiger partial charge in [-0.2, -0.15) is 0 Å². The van der Waals surface area contributed by atoms with Crippen LogP contribution in [-0.2, 0) is 11.3 Å². The molecule has 0 aliphatic carbocycles. The second kappa shape index (κ2) is 8.30. The molecule has 138 valence electrons. The molecule has 3 rings (SSSR count). The van der Waals surface area contributed by atoms with Crippen LogP contribution in [0.4, 0.5) is 0 Å². The summed E-state index contributed by atoms with van der Waals surface area (Å²) in [5.41, 5.74) is 2.08. The van der Waals surface area contributed by atoms with Crippen molar-refractivity contribution in [2.45, 2.75) is 38.5 Å². The number of benzene rings is 1. The molecule has 1 amide bonds. The molecule has 25 heavy (non-hydrogen) atoms. The molecule has 0 spiro atoms. The fourth-order valence-corrected chi connectivity index (χ4v) is 3.92. The van der Waals surface area contributed by atoms with Gasteiger partial charge in [-0.3, -0.25) is 9.69 Å². The maximum Gasteiger partial charge on any atom is 0.254 e. The number of carbonyl (C=O) groups is 1. The Balaban J connectivity index is 1.56. The van der Waals surface area contributed by atoms with Gasteiger partial charge in [-0.05, 0) is 44.5 Å². The molecule has 1 aromatic carbocycles. The van der Waals surface area contributed by atoms with Crippen LogP contribution in [-0.4, -0.2) is 79.6 Å². The minimum absolute atomic E-state index is 0.160. The number of nitrogens with zero attached hydrogens (tertiary/aromatic N) is 3. The van der Waals surface area contributed by atoms with Crippen molar-refractivity contribution in [3.8, 4) is 0 Å². The van der Waals surface area contributed by atoms with Crippen molar-refractivity contribution < 1.29 is 9.53 Å². The van der Waals surface area contributed by atoms with E-state index in [9.17, 15) is 4.79 Å². The van der Waals surface area contributed by atoms with Gasteiger partial charge >= 0.3 is 0 Å². The van der Waals surface area contributed by atoms with Crippen molar-refractivity contribution in [1.29, 1.82) is 0 Å². The van der Waals surface area contributed by atoms with E-state index in [1.165, 1.54) is 5.56 Å². The molecule has 0 bridgehead atoms. The minimum atomic E-state index is 0.160. The predicted molar refractivity (Wildman–Crippen MR) is 99.7 cm³/mol. The second-order valence-electron chi connectivity index (χ2n) is 7.52. The van der Waals surface area contributed by atoms with Crippen LogP contribution in [0.1, 0.15) is 35.7 Å². The lowest BCUT2D eigenvalue weighted by Crippen LogP contribution is -2.52. The third kappa shape index (κ3) is 4.60. The van der Waals surface area contributed by atoms with Crippen LogP contribution in [0.25, 0.3) is 0 Å². The first-order chi connectivity index (χ1) is 12.1. The van der Waals surface area contributed by atoms with E-state index >= 15 is 0 Å². The number of carbonyl (C=O) groups excluding carboxylic acids is 1. The summed E-state index contributed by atoms with van der Waals surface area (Å²) in [5, 5.41) is 0. The Labute approximate surface area is 151 Å². The lowest BCUT2D eigenvalue weighted by Gasteiger charge is -2.38. The number of likely N-dealkylation sites (tertiary alicyclic amines) is 1. The van der Waals surface area contributed by atoms with Gasteiger partial charge in [0, 0.05) is 58.0 Å². The third-order valence-electron chi connectivity index (χ3n) is 5.57. The quantitative estimate of drug-likeness (QED) is 0.837. The first kappa shape index (κ1) is 18.4. The highest BCUT2D eigenvalue weighted by molar-refractivity contribution is 5.94. The zero-order valence-corrected chi connectivity index (χ0v) is 15.8. The van der Waals surface area contributed by atoms with E-state index in [-0.39, 0.29) is 11.9 Å². The van der Waals surface area contributed by atoms with Gasteiger partial charge in [-0.15, -0.1) is 0 Å². The lowest BCUT2D eigenvalue weighted by molar-refractivity contribution is 0.0388. The van der Waals surface area contributed by atoms with Crippen LogP contribution in [0.5, 0.6) is 0 Å². The number of hydrogen-bond acceptors (Lipinski definition) is 4. The molecule has 5 nitrogen and oxygen atoms in total. The van der Waals surface area contributed by atoms with Crippen molar-refractivity contribution in [2.75, 3.05) is 46.9 Å². The van der Waals surface area contributed by atoms with E-state index in [1.54, 1.807) is 7.11 Å². The summed E-state index contributed by atoms with van der Waals surface area (Å²) >= 11 is 0. The van der Waals surface area contributed by atoms with Gasteiger partial charge < -0.3 is 14.5 Å². The summed E-state index contributed by atoms with van der Waals surface area (Å²) in [6, 6.07) is 8.47. The first-order valence-corrected chi connectivity index (χ1v) is 9.40. The molecular formula is C20H31N3O2. The van der Waals surface area contributed by atoms with Crippen LogP contribution in [0.2, 0.25) is 0 Å². The van der Waals surface area contributed by atoms with Gasteiger partial charge in [0.2, 0.25) is 0 Å². The third-order valence-corrected chi connectivity index (χ3v) is 5.57. The van der Waals surface area contributed by atoms with E-state index in [2.05, 4.69) is 35.9 Å². The summed E-state index contributed by atoms with van der Waals surface area (Å²) < 4.78 is 5.43. The molecule has 2 aliphatic rings. The van der Waals surface area contributed by atoms with Gasteiger partial charge in [-0.1, -0.05) is 12.1 Å². The molecular weight excluding hydrogens is 314 g/mol. The van der Waals surface area contributed by atoms with E-state index in [0.717, 1.165) is 57.7 Å². The van der Waals surface area contributed by atoms with Crippen LogP contribution < -0.4 is 0 Å². The van der Waals surface area contributed by atoms with Crippen LogP contribution in [0.3, 0.4) is 0 Å². The average molecular weight is 345 g/mol. The number of rotatable bonds is 4. The summed E-state index contributed by atoms with van der Waals surface area (Å²) in [7, 11) is 3.92. The summed E-state index contributed by atoms with van der Waals surface area (Å²) in [6.45, 7) is 7.96. The number of likely N-dealkylation sites (N-methyl/N-ethyl adjacent to an activating group) is 1.